The zero-order chi connectivity index (χ0) is 16.6. The summed E-state index contributed by atoms with van der Waals surface area (Å²) in [7, 11) is 4.05. The van der Waals surface area contributed by atoms with Crippen molar-refractivity contribution < 1.29 is 9.13 Å². The Morgan fingerprint density at radius 2 is 1.52 bits per heavy atom. The summed E-state index contributed by atoms with van der Waals surface area (Å²) in [6, 6.07) is 12.6. The molecule has 0 spiro atoms. The molecule has 116 valence electrons. The van der Waals surface area contributed by atoms with Crippen LogP contribution < -0.4 is 9.13 Å². The Morgan fingerprint density at radius 3 is 2.26 bits per heavy atom. The molecule has 2 heterocycles. The molecule has 0 unspecified atom stereocenters. The second kappa shape index (κ2) is 5.88. The fourth-order valence-electron chi connectivity index (χ4n) is 2.78. The van der Waals surface area contributed by atoms with E-state index in [0.29, 0.717) is 0 Å². The molecule has 23 heavy (non-hydrogen) atoms. The molecule has 2 aromatic heterocycles. The first-order valence-corrected chi connectivity index (χ1v) is 7.74. The molecule has 0 amide bonds. The van der Waals surface area contributed by atoms with Gasteiger partial charge in [-0.25, -0.2) is 9.13 Å². The first kappa shape index (κ1) is 15.3. The normalized spacial score (nSPS) is 10.8. The third-order valence-electron chi connectivity index (χ3n) is 4.08. The minimum absolute atomic E-state index is 0.867. The van der Waals surface area contributed by atoms with Crippen LogP contribution in [0.25, 0.3) is 22.9 Å². The van der Waals surface area contributed by atoms with Crippen LogP contribution in [0.15, 0.2) is 42.6 Å². The number of hydrogen-bond acceptors (Lipinski definition) is 2. The Kier molecular flexibility index (Phi) is 3.90. The number of hydrogen-bond donors (Lipinski definition) is 0. The van der Waals surface area contributed by atoms with Gasteiger partial charge in [-0.3, -0.25) is 0 Å². The van der Waals surface area contributed by atoms with E-state index in [4.69, 9.17) is 4.98 Å². The van der Waals surface area contributed by atoms with Crippen LogP contribution in [0.3, 0.4) is 0 Å². The third-order valence-corrected chi connectivity index (χ3v) is 4.08. The maximum atomic E-state index is 4.74. The highest BCUT2D eigenvalue weighted by Gasteiger charge is 2.29. The SMILES string of the molecule is Cc1cc[n+](C)c(-c2nc(C)cc(-c3ccccc3C)[n+]2C)n1. The predicted octanol–water partition coefficient (Wildman–Crippen LogP) is 2.38. The van der Waals surface area contributed by atoms with Crippen molar-refractivity contribution in [3.63, 3.8) is 0 Å². The average molecular weight is 306 g/mol. The smallest absolute Gasteiger partial charge is 0.226 e. The van der Waals surface area contributed by atoms with Crippen molar-refractivity contribution in [1.29, 1.82) is 0 Å². The standard InChI is InChI=1S/C19H22N4/c1-13-8-6-7-9-16(13)17-12-15(3)21-19(23(17)5)18-20-14(2)10-11-22(18)4/h6-12H,1-5H3/q+2. The maximum Gasteiger partial charge on any atom is 0.418 e. The van der Waals surface area contributed by atoms with E-state index in [1.807, 2.05) is 44.8 Å². The Hall–Kier alpha value is -2.62. The van der Waals surface area contributed by atoms with Crippen molar-refractivity contribution in [1.82, 2.24) is 9.97 Å². The quantitative estimate of drug-likeness (QED) is 0.681. The molecule has 3 aromatic rings. The van der Waals surface area contributed by atoms with Crippen molar-refractivity contribution in [2.75, 3.05) is 0 Å². The van der Waals surface area contributed by atoms with Gasteiger partial charge in [0, 0.05) is 31.5 Å². The van der Waals surface area contributed by atoms with Crippen molar-refractivity contribution in [2.24, 2.45) is 14.1 Å². The van der Waals surface area contributed by atoms with E-state index in [2.05, 4.69) is 46.8 Å². The van der Waals surface area contributed by atoms with Gasteiger partial charge in [-0.2, -0.15) is 0 Å². The summed E-state index contributed by atoms with van der Waals surface area (Å²) in [4.78, 5) is 9.42. The summed E-state index contributed by atoms with van der Waals surface area (Å²) in [5.41, 5.74) is 5.59. The van der Waals surface area contributed by atoms with Crippen molar-refractivity contribution in [2.45, 2.75) is 20.8 Å². The zero-order valence-corrected chi connectivity index (χ0v) is 14.3. The maximum absolute atomic E-state index is 4.74. The molecular formula is C19H22N4+2. The molecule has 0 saturated heterocycles. The third kappa shape index (κ3) is 2.84. The van der Waals surface area contributed by atoms with E-state index in [9.17, 15) is 0 Å². The average Bonchev–Trinajstić information content (AvgIpc) is 2.52. The summed E-state index contributed by atoms with van der Waals surface area (Å²) >= 11 is 0. The van der Waals surface area contributed by atoms with Gasteiger partial charge in [0.1, 0.15) is 5.69 Å². The van der Waals surface area contributed by atoms with E-state index in [0.717, 1.165) is 28.7 Å². The lowest BCUT2D eigenvalue weighted by Crippen LogP contribution is -2.42. The highest BCUT2D eigenvalue weighted by molar-refractivity contribution is 5.61. The summed E-state index contributed by atoms with van der Waals surface area (Å²) < 4.78 is 4.13. The highest BCUT2D eigenvalue weighted by Crippen LogP contribution is 2.21. The lowest BCUT2D eigenvalue weighted by molar-refractivity contribution is -0.689. The molecule has 3 rings (SSSR count). The van der Waals surface area contributed by atoms with Gasteiger partial charge in [-0.1, -0.05) is 24.3 Å². The van der Waals surface area contributed by atoms with Gasteiger partial charge in [-0.15, -0.1) is 0 Å². The topological polar surface area (TPSA) is 33.5 Å². The minimum Gasteiger partial charge on any atom is -0.226 e. The second-order valence-electron chi connectivity index (χ2n) is 5.98. The van der Waals surface area contributed by atoms with E-state index >= 15 is 0 Å². The van der Waals surface area contributed by atoms with E-state index < -0.39 is 0 Å². The fourth-order valence-corrected chi connectivity index (χ4v) is 2.78. The largest absolute Gasteiger partial charge is 0.418 e. The number of benzene rings is 1. The van der Waals surface area contributed by atoms with Gasteiger partial charge < -0.3 is 0 Å². The molecule has 0 aliphatic heterocycles. The van der Waals surface area contributed by atoms with Gasteiger partial charge in [0.2, 0.25) is 0 Å². The molecule has 0 bridgehead atoms. The Labute approximate surface area is 137 Å². The number of aryl methyl sites for hydroxylation is 4. The molecule has 4 nitrogen and oxygen atoms in total. The van der Waals surface area contributed by atoms with Gasteiger partial charge in [-0.05, 0) is 22.5 Å². The van der Waals surface area contributed by atoms with Crippen LogP contribution in [0.4, 0.5) is 0 Å². The molecule has 0 aliphatic carbocycles. The van der Waals surface area contributed by atoms with Crippen molar-refractivity contribution in [3.8, 4) is 22.9 Å². The molecule has 0 saturated carbocycles. The predicted molar refractivity (Wildman–Crippen MR) is 89.5 cm³/mol. The lowest BCUT2D eigenvalue weighted by Gasteiger charge is -2.08. The number of aromatic nitrogens is 4. The Balaban J connectivity index is 2.29. The van der Waals surface area contributed by atoms with Crippen LogP contribution in [0.2, 0.25) is 0 Å². The fraction of sp³-hybridized carbons (Fsp3) is 0.263. The molecule has 4 heteroatoms. The van der Waals surface area contributed by atoms with Gasteiger partial charge in [0.15, 0.2) is 11.4 Å². The first-order chi connectivity index (χ1) is 11.0. The van der Waals surface area contributed by atoms with Crippen LogP contribution >= 0.6 is 0 Å². The molecule has 0 N–H and O–H groups in total. The van der Waals surface area contributed by atoms with E-state index in [1.54, 1.807) is 0 Å². The van der Waals surface area contributed by atoms with Crippen LogP contribution in [-0.2, 0) is 14.1 Å². The molecule has 0 atom stereocenters. The monoisotopic (exact) mass is 306 g/mol. The zero-order valence-electron chi connectivity index (χ0n) is 14.3. The lowest BCUT2D eigenvalue weighted by atomic mass is 10.0. The van der Waals surface area contributed by atoms with Crippen LogP contribution in [0.5, 0.6) is 0 Å². The minimum atomic E-state index is 0.867. The Morgan fingerprint density at radius 1 is 0.826 bits per heavy atom. The molecule has 0 aliphatic rings. The van der Waals surface area contributed by atoms with Crippen LogP contribution in [0.1, 0.15) is 17.0 Å². The highest BCUT2D eigenvalue weighted by atomic mass is 15.1. The summed E-state index contributed by atoms with van der Waals surface area (Å²) in [6.07, 6.45) is 2.02. The molecule has 0 radical (unpaired) electrons. The van der Waals surface area contributed by atoms with E-state index in [-0.39, 0.29) is 0 Å². The summed E-state index contributed by atoms with van der Waals surface area (Å²) in [5.74, 6) is 1.74. The van der Waals surface area contributed by atoms with E-state index in [1.165, 1.54) is 11.1 Å². The van der Waals surface area contributed by atoms with Crippen molar-refractivity contribution in [3.05, 3.63) is 59.5 Å². The number of nitrogens with zero attached hydrogens (tertiary/aromatic N) is 4. The molecule has 0 fully saturated rings. The van der Waals surface area contributed by atoms with Crippen molar-refractivity contribution >= 4 is 0 Å². The summed E-state index contributed by atoms with van der Waals surface area (Å²) in [5, 5.41) is 0. The second-order valence-corrected chi connectivity index (χ2v) is 5.98. The Bertz CT molecular complexity index is 885. The van der Waals surface area contributed by atoms with Crippen LogP contribution in [0, 0.1) is 20.8 Å². The number of rotatable bonds is 2. The first-order valence-electron chi connectivity index (χ1n) is 7.74. The molecule has 1 aromatic carbocycles. The summed E-state index contributed by atoms with van der Waals surface area (Å²) in [6.45, 7) is 6.16. The van der Waals surface area contributed by atoms with Gasteiger partial charge >= 0.3 is 11.6 Å². The van der Waals surface area contributed by atoms with Crippen LogP contribution in [-0.4, -0.2) is 9.97 Å². The van der Waals surface area contributed by atoms with Gasteiger partial charge in [0.05, 0.1) is 20.3 Å². The molecular weight excluding hydrogens is 284 g/mol. The van der Waals surface area contributed by atoms with Gasteiger partial charge in [0.25, 0.3) is 0 Å².